The zero-order chi connectivity index (χ0) is 18.4. The summed E-state index contributed by atoms with van der Waals surface area (Å²) in [5.74, 6) is 0.124. The molecule has 1 aliphatic rings. The minimum atomic E-state index is -0.000687. The van der Waals surface area contributed by atoms with Gasteiger partial charge in [-0.25, -0.2) is 0 Å². The van der Waals surface area contributed by atoms with Crippen molar-refractivity contribution < 1.29 is 9.59 Å². The fraction of sp³-hybridized carbons (Fsp3) is 0.600. The molecule has 1 N–H and O–H groups in total. The van der Waals surface area contributed by atoms with E-state index in [2.05, 4.69) is 10.2 Å². The summed E-state index contributed by atoms with van der Waals surface area (Å²) in [5, 5.41) is 2.92. The summed E-state index contributed by atoms with van der Waals surface area (Å²) in [6.45, 7) is 4.08. The first-order valence-corrected chi connectivity index (χ1v) is 9.29. The first-order valence-electron chi connectivity index (χ1n) is 9.29. The van der Waals surface area contributed by atoms with Crippen molar-refractivity contribution in [3.05, 3.63) is 23.8 Å². The quantitative estimate of drug-likeness (QED) is 0.853. The van der Waals surface area contributed by atoms with Crippen molar-refractivity contribution in [3.63, 3.8) is 0 Å². The Hall–Kier alpha value is -2.04. The molecule has 1 aliphatic carbocycles. The van der Waals surface area contributed by atoms with E-state index in [4.69, 9.17) is 0 Å². The van der Waals surface area contributed by atoms with Crippen molar-refractivity contribution in [2.24, 2.45) is 0 Å². The van der Waals surface area contributed by atoms with E-state index in [9.17, 15) is 9.59 Å². The lowest BCUT2D eigenvalue weighted by Crippen LogP contribution is -2.39. The molecule has 1 fully saturated rings. The van der Waals surface area contributed by atoms with Gasteiger partial charge in [0.05, 0.1) is 0 Å². The second-order valence-electron chi connectivity index (χ2n) is 7.08. The number of nitrogens with one attached hydrogen (secondary N) is 1. The highest BCUT2D eigenvalue weighted by Gasteiger charge is 2.24. The van der Waals surface area contributed by atoms with E-state index >= 15 is 0 Å². The number of hydrogen-bond acceptors (Lipinski definition) is 3. The Balaban J connectivity index is 2.27. The monoisotopic (exact) mass is 345 g/mol. The van der Waals surface area contributed by atoms with Gasteiger partial charge in [0.15, 0.2) is 0 Å². The van der Waals surface area contributed by atoms with Crippen molar-refractivity contribution in [1.82, 2.24) is 4.90 Å². The zero-order valence-electron chi connectivity index (χ0n) is 16.0. The maximum atomic E-state index is 12.3. The fourth-order valence-electron chi connectivity index (χ4n) is 3.55. The molecule has 0 aliphatic heterocycles. The van der Waals surface area contributed by atoms with E-state index in [0.717, 1.165) is 29.8 Å². The molecule has 0 aromatic heterocycles. The first-order chi connectivity index (χ1) is 11.9. The average molecular weight is 345 g/mol. The van der Waals surface area contributed by atoms with E-state index in [1.54, 1.807) is 6.92 Å². The van der Waals surface area contributed by atoms with E-state index in [1.807, 2.05) is 44.1 Å². The van der Waals surface area contributed by atoms with Gasteiger partial charge in [-0.05, 0) is 36.6 Å². The lowest BCUT2D eigenvalue weighted by Gasteiger charge is -2.34. The van der Waals surface area contributed by atoms with Gasteiger partial charge in [-0.15, -0.1) is 0 Å². The molecule has 25 heavy (non-hydrogen) atoms. The van der Waals surface area contributed by atoms with Gasteiger partial charge in [-0.2, -0.15) is 0 Å². The maximum Gasteiger partial charge on any atom is 0.224 e. The fourth-order valence-corrected chi connectivity index (χ4v) is 3.55. The molecule has 1 saturated carbocycles. The van der Waals surface area contributed by atoms with E-state index in [1.165, 1.54) is 19.3 Å². The van der Waals surface area contributed by atoms with Gasteiger partial charge in [-0.1, -0.05) is 26.2 Å². The van der Waals surface area contributed by atoms with Gasteiger partial charge in [0.2, 0.25) is 11.8 Å². The van der Waals surface area contributed by atoms with Crippen molar-refractivity contribution in [2.75, 3.05) is 24.3 Å². The Kier molecular flexibility index (Phi) is 6.85. The predicted molar refractivity (Wildman–Crippen MR) is 103 cm³/mol. The second-order valence-corrected chi connectivity index (χ2v) is 7.08. The molecule has 5 heteroatoms. The van der Waals surface area contributed by atoms with E-state index < -0.39 is 0 Å². The van der Waals surface area contributed by atoms with Crippen molar-refractivity contribution in [1.29, 1.82) is 0 Å². The van der Waals surface area contributed by atoms with Crippen LogP contribution in [0.25, 0.3) is 0 Å². The third-order valence-electron chi connectivity index (χ3n) is 4.93. The highest BCUT2D eigenvalue weighted by Crippen LogP contribution is 2.29. The number of amides is 2. The number of hydrogen-bond donors (Lipinski definition) is 1. The summed E-state index contributed by atoms with van der Waals surface area (Å²) in [4.78, 5) is 28.0. The minimum Gasteiger partial charge on any atom is -0.377 e. The van der Waals surface area contributed by atoms with Crippen LogP contribution < -0.4 is 10.2 Å². The average Bonchev–Trinajstić information content (AvgIpc) is 2.60. The highest BCUT2D eigenvalue weighted by atomic mass is 16.2. The van der Waals surface area contributed by atoms with Gasteiger partial charge >= 0.3 is 0 Å². The number of rotatable bonds is 6. The molecule has 0 unspecified atom stereocenters. The predicted octanol–water partition coefficient (Wildman–Crippen LogP) is 3.78. The molecular formula is C20H31N3O2. The van der Waals surface area contributed by atoms with Gasteiger partial charge < -0.3 is 15.1 Å². The number of carbonyl (C=O) groups is 2. The zero-order valence-corrected chi connectivity index (χ0v) is 16.0. The lowest BCUT2D eigenvalue weighted by atomic mass is 9.93. The normalized spacial score (nSPS) is 14.9. The topological polar surface area (TPSA) is 52.7 Å². The van der Waals surface area contributed by atoms with Crippen LogP contribution in [0.4, 0.5) is 11.4 Å². The number of anilines is 2. The SMILES string of the molecule is CCC(=O)Nc1ccc(N(C)C)c(CN(C(C)=O)C2CCCCC2)c1. The molecule has 1 aromatic carbocycles. The lowest BCUT2D eigenvalue weighted by molar-refractivity contribution is -0.132. The standard InChI is InChI=1S/C20H31N3O2/c1-5-20(25)21-17-11-12-19(22(3)4)16(13-17)14-23(15(2)24)18-9-7-6-8-10-18/h11-13,18H,5-10,14H2,1-4H3,(H,21,25). The van der Waals surface area contributed by atoms with E-state index in [-0.39, 0.29) is 11.8 Å². The molecule has 2 amide bonds. The summed E-state index contributed by atoms with van der Waals surface area (Å²) in [7, 11) is 4.00. The summed E-state index contributed by atoms with van der Waals surface area (Å²) in [5.41, 5.74) is 2.94. The molecule has 2 rings (SSSR count). The number of benzene rings is 1. The molecular weight excluding hydrogens is 314 g/mol. The summed E-state index contributed by atoms with van der Waals surface area (Å²) < 4.78 is 0. The Morgan fingerprint density at radius 3 is 2.40 bits per heavy atom. The van der Waals surface area contributed by atoms with Gasteiger partial charge in [-0.3, -0.25) is 9.59 Å². The molecule has 5 nitrogen and oxygen atoms in total. The van der Waals surface area contributed by atoms with Crippen LogP contribution in [0.15, 0.2) is 18.2 Å². The van der Waals surface area contributed by atoms with Crippen LogP contribution in [0.1, 0.15) is 57.9 Å². The smallest absolute Gasteiger partial charge is 0.224 e. The first kappa shape index (κ1) is 19.3. The van der Waals surface area contributed by atoms with Crippen molar-refractivity contribution in [2.45, 2.75) is 65.0 Å². The maximum absolute atomic E-state index is 12.3. The third kappa shape index (κ3) is 5.21. The third-order valence-corrected chi connectivity index (χ3v) is 4.93. The summed E-state index contributed by atoms with van der Waals surface area (Å²) in [6.07, 6.45) is 6.28. The molecule has 138 valence electrons. The Morgan fingerprint density at radius 2 is 1.84 bits per heavy atom. The van der Waals surface area contributed by atoms with Crippen LogP contribution in [0.2, 0.25) is 0 Å². The van der Waals surface area contributed by atoms with Crippen molar-refractivity contribution in [3.8, 4) is 0 Å². The highest BCUT2D eigenvalue weighted by molar-refractivity contribution is 5.90. The number of carbonyl (C=O) groups excluding carboxylic acids is 2. The molecule has 0 bridgehead atoms. The summed E-state index contributed by atoms with van der Waals surface area (Å²) in [6, 6.07) is 6.27. The molecule has 1 aromatic rings. The van der Waals surface area contributed by atoms with Crippen LogP contribution in [0.3, 0.4) is 0 Å². The largest absolute Gasteiger partial charge is 0.377 e. The van der Waals surface area contributed by atoms with Crippen LogP contribution >= 0.6 is 0 Å². The molecule has 0 saturated heterocycles. The van der Waals surface area contributed by atoms with Crippen LogP contribution in [0.5, 0.6) is 0 Å². The van der Waals surface area contributed by atoms with Gasteiger partial charge in [0.1, 0.15) is 0 Å². The Morgan fingerprint density at radius 1 is 1.16 bits per heavy atom. The van der Waals surface area contributed by atoms with Crippen LogP contribution in [0, 0.1) is 0 Å². The summed E-state index contributed by atoms with van der Waals surface area (Å²) >= 11 is 0. The Labute approximate surface area is 151 Å². The molecule has 0 heterocycles. The molecule has 0 atom stereocenters. The van der Waals surface area contributed by atoms with Crippen LogP contribution in [-0.4, -0.2) is 36.9 Å². The van der Waals surface area contributed by atoms with Crippen molar-refractivity contribution >= 4 is 23.2 Å². The minimum absolute atomic E-state index is 0.000687. The Bertz CT molecular complexity index is 607. The van der Waals surface area contributed by atoms with Gasteiger partial charge in [0.25, 0.3) is 0 Å². The van der Waals surface area contributed by atoms with Gasteiger partial charge in [0, 0.05) is 51.4 Å². The van der Waals surface area contributed by atoms with Crippen LogP contribution in [-0.2, 0) is 16.1 Å². The number of nitrogens with zero attached hydrogens (tertiary/aromatic N) is 2. The van der Waals surface area contributed by atoms with E-state index in [0.29, 0.717) is 19.0 Å². The molecule has 0 spiro atoms. The second kappa shape index (κ2) is 8.88. The molecule has 0 radical (unpaired) electrons.